The van der Waals surface area contributed by atoms with E-state index < -0.39 is 5.82 Å². The number of amides is 1. The first-order valence-electron chi connectivity index (χ1n) is 9.18. The van der Waals surface area contributed by atoms with E-state index in [1.807, 2.05) is 0 Å². The van der Waals surface area contributed by atoms with Gasteiger partial charge in [-0.2, -0.15) is 0 Å². The first-order chi connectivity index (χ1) is 13.6. The van der Waals surface area contributed by atoms with Crippen LogP contribution in [0.2, 0.25) is 0 Å². The minimum absolute atomic E-state index is 0.0611. The fourth-order valence-corrected chi connectivity index (χ4v) is 3.49. The predicted octanol–water partition coefficient (Wildman–Crippen LogP) is 4.06. The zero-order valence-electron chi connectivity index (χ0n) is 15.4. The maximum atomic E-state index is 13.9. The summed E-state index contributed by atoms with van der Waals surface area (Å²) in [5, 5.41) is 9.92. The van der Waals surface area contributed by atoms with Gasteiger partial charge >= 0.3 is 0 Å². The third-order valence-corrected chi connectivity index (χ3v) is 4.97. The highest BCUT2D eigenvalue weighted by molar-refractivity contribution is 6.01. The van der Waals surface area contributed by atoms with Gasteiger partial charge in [0.2, 0.25) is 0 Å². The zero-order valence-corrected chi connectivity index (χ0v) is 15.4. The zero-order chi connectivity index (χ0) is 20.1. The third kappa shape index (κ3) is 3.91. The Labute approximate surface area is 163 Å². The Morgan fingerprint density at radius 3 is 2.79 bits per heavy atom. The van der Waals surface area contributed by atoms with Crippen LogP contribution in [-0.4, -0.2) is 41.4 Å². The predicted molar refractivity (Wildman–Crippen MR) is 104 cm³/mol. The quantitative estimate of drug-likeness (QED) is 0.764. The molecule has 0 unspecified atom stereocenters. The second-order valence-corrected chi connectivity index (χ2v) is 6.67. The Morgan fingerprint density at radius 1 is 1.25 bits per heavy atom. The third-order valence-electron chi connectivity index (χ3n) is 4.97. The number of nitrogens with zero attached hydrogens (tertiary/aromatic N) is 1. The van der Waals surface area contributed by atoms with Crippen molar-refractivity contribution in [2.75, 3.05) is 13.2 Å². The molecular formula is C22H22FNO4. The smallest absolute Gasteiger partial charge is 0.255 e. The molecule has 6 heteroatoms. The summed E-state index contributed by atoms with van der Waals surface area (Å²) in [7, 11) is 0. The number of benzene rings is 2. The Balaban J connectivity index is 1.81. The van der Waals surface area contributed by atoms with Crippen LogP contribution >= 0.6 is 0 Å². The number of hydrogen-bond acceptors (Lipinski definition) is 4. The van der Waals surface area contributed by atoms with Crippen LogP contribution in [0.1, 0.15) is 45.5 Å². The maximum absolute atomic E-state index is 13.9. The van der Waals surface area contributed by atoms with Crippen molar-refractivity contribution in [3.8, 4) is 11.5 Å². The highest BCUT2D eigenvalue weighted by Crippen LogP contribution is 2.29. The van der Waals surface area contributed by atoms with Gasteiger partial charge in [0.15, 0.2) is 6.29 Å². The second-order valence-electron chi connectivity index (χ2n) is 6.67. The fraction of sp³-hybridized carbons (Fsp3) is 0.273. The molecule has 2 aromatic rings. The summed E-state index contributed by atoms with van der Waals surface area (Å²) in [4.78, 5) is 25.9. The molecule has 1 aliphatic heterocycles. The SMILES string of the molecule is C=Cc1c(O)cccc1OC[C@@H]1CCCCN1C(=O)c1cccc(F)c1C=O. The number of phenolic OH excluding ortho intramolecular Hbond substituents is 1. The normalized spacial score (nSPS) is 16.5. The molecule has 146 valence electrons. The van der Waals surface area contributed by atoms with Gasteiger partial charge in [0.1, 0.15) is 23.9 Å². The molecular weight excluding hydrogens is 361 g/mol. The van der Waals surface area contributed by atoms with Gasteiger partial charge in [-0.05, 0) is 43.5 Å². The lowest BCUT2D eigenvalue weighted by atomic mass is 9.99. The minimum Gasteiger partial charge on any atom is -0.507 e. The number of hydrogen-bond donors (Lipinski definition) is 1. The van der Waals surface area contributed by atoms with E-state index >= 15 is 0 Å². The summed E-state index contributed by atoms with van der Waals surface area (Å²) in [6.07, 6.45) is 4.40. The van der Waals surface area contributed by atoms with E-state index in [0.717, 1.165) is 25.3 Å². The van der Waals surface area contributed by atoms with Gasteiger partial charge in [-0.15, -0.1) is 0 Å². The number of carbonyl (C=O) groups excluding carboxylic acids is 2. The summed E-state index contributed by atoms with van der Waals surface area (Å²) in [6, 6.07) is 8.78. The molecule has 1 heterocycles. The highest BCUT2D eigenvalue weighted by Gasteiger charge is 2.30. The lowest BCUT2D eigenvalue weighted by Gasteiger charge is -2.36. The first-order valence-corrected chi connectivity index (χ1v) is 9.18. The van der Waals surface area contributed by atoms with E-state index in [0.29, 0.717) is 24.1 Å². The van der Waals surface area contributed by atoms with Crippen LogP contribution in [0.15, 0.2) is 43.0 Å². The fourth-order valence-electron chi connectivity index (χ4n) is 3.49. The molecule has 1 saturated heterocycles. The molecule has 1 fully saturated rings. The molecule has 1 N–H and O–H groups in total. The van der Waals surface area contributed by atoms with E-state index in [9.17, 15) is 19.1 Å². The Hall–Kier alpha value is -3.15. The Bertz CT molecular complexity index is 896. The van der Waals surface area contributed by atoms with Gasteiger partial charge < -0.3 is 14.7 Å². The van der Waals surface area contributed by atoms with Gasteiger partial charge in [-0.3, -0.25) is 9.59 Å². The monoisotopic (exact) mass is 383 g/mol. The average molecular weight is 383 g/mol. The van der Waals surface area contributed by atoms with E-state index in [2.05, 4.69) is 6.58 Å². The van der Waals surface area contributed by atoms with Crippen LogP contribution in [0.25, 0.3) is 6.08 Å². The van der Waals surface area contributed by atoms with Crippen LogP contribution in [-0.2, 0) is 0 Å². The molecule has 5 nitrogen and oxygen atoms in total. The number of halogens is 1. The second kappa shape index (κ2) is 8.69. The van der Waals surface area contributed by atoms with Crippen molar-refractivity contribution in [3.05, 3.63) is 65.5 Å². The molecule has 0 saturated carbocycles. The number of phenols is 1. The number of rotatable bonds is 6. The van der Waals surface area contributed by atoms with E-state index in [1.54, 1.807) is 23.1 Å². The Kier molecular flexibility index (Phi) is 6.09. The number of ether oxygens (including phenoxy) is 1. The van der Waals surface area contributed by atoms with E-state index in [-0.39, 0.29) is 35.4 Å². The van der Waals surface area contributed by atoms with Crippen molar-refractivity contribution in [1.29, 1.82) is 0 Å². The topological polar surface area (TPSA) is 66.8 Å². The minimum atomic E-state index is -0.707. The van der Waals surface area contributed by atoms with Crippen LogP contribution < -0.4 is 4.74 Å². The number of piperidine rings is 1. The van der Waals surface area contributed by atoms with Crippen molar-refractivity contribution in [2.24, 2.45) is 0 Å². The standard InChI is InChI=1S/C22H22FNO4/c1-2-16-20(26)10-6-11-21(16)28-14-15-7-3-4-12-24(15)22(27)17-8-5-9-19(23)18(17)13-25/h2,5-6,8-11,13,15,26H,1,3-4,7,12,14H2/t15-/m0/s1. The van der Waals surface area contributed by atoms with Crippen molar-refractivity contribution in [3.63, 3.8) is 0 Å². The number of aromatic hydroxyl groups is 1. The van der Waals surface area contributed by atoms with Crippen LogP contribution in [0, 0.1) is 5.82 Å². The average Bonchev–Trinajstić information content (AvgIpc) is 2.71. The molecule has 1 amide bonds. The van der Waals surface area contributed by atoms with Gasteiger partial charge in [0.05, 0.1) is 22.7 Å². The summed E-state index contributed by atoms with van der Waals surface area (Å²) in [5.41, 5.74) is 0.329. The molecule has 0 spiro atoms. The van der Waals surface area contributed by atoms with Gasteiger partial charge in [-0.25, -0.2) is 4.39 Å². The maximum Gasteiger partial charge on any atom is 0.255 e. The van der Waals surface area contributed by atoms with E-state index in [1.165, 1.54) is 18.2 Å². The molecule has 1 atom stereocenters. The van der Waals surface area contributed by atoms with E-state index in [4.69, 9.17) is 4.74 Å². The van der Waals surface area contributed by atoms with Crippen LogP contribution in [0.5, 0.6) is 11.5 Å². The number of aldehydes is 1. The molecule has 0 bridgehead atoms. The summed E-state index contributed by atoms with van der Waals surface area (Å²) < 4.78 is 19.8. The molecule has 2 aromatic carbocycles. The molecule has 0 aromatic heterocycles. The summed E-state index contributed by atoms with van der Waals surface area (Å²) in [5.74, 6) is -0.539. The van der Waals surface area contributed by atoms with Gasteiger partial charge in [0.25, 0.3) is 5.91 Å². The molecule has 1 aliphatic rings. The summed E-state index contributed by atoms with van der Waals surface area (Å²) >= 11 is 0. The van der Waals surface area contributed by atoms with Crippen molar-refractivity contribution >= 4 is 18.3 Å². The highest BCUT2D eigenvalue weighted by atomic mass is 19.1. The van der Waals surface area contributed by atoms with Crippen LogP contribution in [0.3, 0.4) is 0 Å². The van der Waals surface area contributed by atoms with Crippen molar-refractivity contribution < 1.29 is 23.8 Å². The molecule has 3 rings (SSSR count). The first kappa shape index (κ1) is 19.6. The van der Waals surface area contributed by atoms with Crippen molar-refractivity contribution in [2.45, 2.75) is 25.3 Å². The Morgan fingerprint density at radius 2 is 2.04 bits per heavy atom. The molecule has 0 aliphatic carbocycles. The number of carbonyl (C=O) groups is 2. The molecule has 0 radical (unpaired) electrons. The molecule has 28 heavy (non-hydrogen) atoms. The summed E-state index contributed by atoms with van der Waals surface area (Å²) in [6.45, 7) is 4.42. The van der Waals surface area contributed by atoms with Crippen LogP contribution in [0.4, 0.5) is 4.39 Å². The van der Waals surface area contributed by atoms with Crippen molar-refractivity contribution in [1.82, 2.24) is 4.90 Å². The van der Waals surface area contributed by atoms with Gasteiger partial charge in [-0.1, -0.05) is 24.8 Å². The largest absolute Gasteiger partial charge is 0.507 e. The number of likely N-dealkylation sites (tertiary alicyclic amines) is 1. The lowest BCUT2D eigenvalue weighted by Crippen LogP contribution is -2.47. The lowest BCUT2D eigenvalue weighted by molar-refractivity contribution is 0.0525. The van der Waals surface area contributed by atoms with Gasteiger partial charge in [0, 0.05) is 6.54 Å².